The van der Waals surface area contributed by atoms with Gasteiger partial charge in [-0.15, -0.1) is 0 Å². The zero-order valence-corrected chi connectivity index (χ0v) is 10.6. The molecular weight excluding hydrogens is 323 g/mol. The van der Waals surface area contributed by atoms with Crippen molar-refractivity contribution in [1.29, 1.82) is 0 Å². The Balaban J connectivity index is 2.71. The van der Waals surface area contributed by atoms with E-state index >= 15 is 0 Å². The predicted molar refractivity (Wildman–Crippen MR) is 56.9 cm³/mol. The monoisotopic (exact) mass is 330 g/mol. The van der Waals surface area contributed by atoms with Crippen molar-refractivity contribution in [2.45, 2.75) is 18.4 Å². The average molecular weight is 331 g/mol. The lowest BCUT2D eigenvalue weighted by Gasteiger charge is -2.27. The maximum Gasteiger partial charge on any atom is 0.200 e. The minimum Gasteiger partial charge on any atom is -0.369 e. The van der Waals surface area contributed by atoms with E-state index in [9.17, 15) is 22.0 Å². The van der Waals surface area contributed by atoms with Gasteiger partial charge in [0, 0.05) is 11.9 Å². The first-order valence-electron chi connectivity index (χ1n) is 5.16. The van der Waals surface area contributed by atoms with Crippen LogP contribution in [0.15, 0.2) is 0 Å². The molecule has 1 aromatic carbocycles. The molecule has 0 saturated carbocycles. The van der Waals surface area contributed by atoms with E-state index in [0.29, 0.717) is 6.42 Å². The third kappa shape index (κ3) is 1.84. The highest BCUT2D eigenvalue weighted by Gasteiger charge is 2.43. The molecule has 0 aromatic heterocycles. The first-order chi connectivity index (χ1) is 8.44. The van der Waals surface area contributed by atoms with E-state index in [4.69, 9.17) is 4.74 Å². The molecule has 1 atom stereocenters. The van der Waals surface area contributed by atoms with Gasteiger partial charge in [-0.2, -0.15) is 0 Å². The smallest absolute Gasteiger partial charge is 0.200 e. The molecule has 0 amide bonds. The van der Waals surface area contributed by atoms with Crippen molar-refractivity contribution < 1.29 is 26.7 Å². The van der Waals surface area contributed by atoms with E-state index in [1.807, 2.05) is 0 Å². The molecule has 1 fully saturated rings. The van der Waals surface area contributed by atoms with E-state index < -0.39 is 40.3 Å². The second kappa shape index (κ2) is 4.77. The van der Waals surface area contributed by atoms with Crippen LogP contribution < -0.4 is 0 Å². The van der Waals surface area contributed by atoms with Gasteiger partial charge >= 0.3 is 0 Å². The molecule has 18 heavy (non-hydrogen) atoms. The molecule has 0 bridgehead atoms. The molecular formula is C11H8BrF5O. The predicted octanol–water partition coefficient (Wildman–Crippen LogP) is 3.78. The van der Waals surface area contributed by atoms with Crippen molar-refractivity contribution in [3.8, 4) is 0 Å². The third-order valence-electron chi connectivity index (χ3n) is 2.98. The molecule has 2 rings (SSSR count). The minimum atomic E-state index is -2.16. The van der Waals surface area contributed by atoms with Crippen LogP contribution in [0.2, 0.25) is 0 Å². The van der Waals surface area contributed by atoms with Gasteiger partial charge in [0.2, 0.25) is 5.82 Å². The second-order valence-corrected chi connectivity index (χ2v) is 4.59. The van der Waals surface area contributed by atoms with Crippen LogP contribution in [0.3, 0.4) is 0 Å². The second-order valence-electron chi connectivity index (χ2n) is 4.02. The molecule has 1 aliphatic heterocycles. The highest BCUT2D eigenvalue weighted by Crippen LogP contribution is 2.41. The third-order valence-corrected chi connectivity index (χ3v) is 3.89. The number of alkyl halides is 1. The molecule has 1 unspecified atom stereocenters. The van der Waals surface area contributed by atoms with Gasteiger partial charge in [0.25, 0.3) is 0 Å². The number of hydrogen-bond donors (Lipinski definition) is 0. The lowest BCUT2D eigenvalue weighted by atomic mass is 9.91. The summed E-state index contributed by atoms with van der Waals surface area (Å²) in [6, 6.07) is 0. The first kappa shape index (κ1) is 13.7. The van der Waals surface area contributed by atoms with E-state index in [2.05, 4.69) is 15.9 Å². The standard InChI is InChI=1S/C11H8BrF5O/c12-4-11(2-1-3-18-11)5-6(13)8(15)10(17)9(16)7(5)14/h1-4H2. The van der Waals surface area contributed by atoms with Crippen molar-refractivity contribution in [2.24, 2.45) is 0 Å². The molecule has 1 nitrogen and oxygen atoms in total. The summed E-state index contributed by atoms with van der Waals surface area (Å²) >= 11 is 3.01. The van der Waals surface area contributed by atoms with Crippen LogP contribution in [-0.2, 0) is 10.3 Å². The molecule has 0 N–H and O–H groups in total. The summed E-state index contributed by atoms with van der Waals surface area (Å²) in [5.74, 6) is -9.70. The summed E-state index contributed by atoms with van der Waals surface area (Å²) in [5, 5.41) is -0.0433. The number of benzene rings is 1. The van der Waals surface area contributed by atoms with Gasteiger partial charge in [-0.05, 0) is 12.8 Å². The molecule has 1 saturated heterocycles. The average Bonchev–Trinajstić information content (AvgIpc) is 2.84. The summed E-state index contributed by atoms with van der Waals surface area (Å²) in [4.78, 5) is 0. The zero-order chi connectivity index (χ0) is 13.5. The number of halogens is 6. The van der Waals surface area contributed by atoms with E-state index in [-0.39, 0.29) is 18.4 Å². The van der Waals surface area contributed by atoms with Crippen molar-refractivity contribution in [2.75, 3.05) is 11.9 Å². The normalized spacial score (nSPS) is 23.7. The minimum absolute atomic E-state index is 0.0433. The fourth-order valence-electron chi connectivity index (χ4n) is 2.07. The Hall–Kier alpha value is -0.690. The van der Waals surface area contributed by atoms with Crippen molar-refractivity contribution >= 4 is 15.9 Å². The van der Waals surface area contributed by atoms with Gasteiger partial charge in [0.05, 0.1) is 5.56 Å². The molecule has 1 aliphatic rings. The molecule has 100 valence electrons. The fraction of sp³-hybridized carbons (Fsp3) is 0.455. The van der Waals surface area contributed by atoms with Gasteiger partial charge in [-0.3, -0.25) is 0 Å². The van der Waals surface area contributed by atoms with Gasteiger partial charge in [-0.25, -0.2) is 22.0 Å². The van der Waals surface area contributed by atoms with E-state index in [1.54, 1.807) is 0 Å². The Labute approximate surface area is 108 Å². The van der Waals surface area contributed by atoms with Gasteiger partial charge in [-0.1, -0.05) is 15.9 Å². The van der Waals surface area contributed by atoms with Crippen molar-refractivity contribution in [1.82, 2.24) is 0 Å². The van der Waals surface area contributed by atoms with Crippen LogP contribution in [0.5, 0.6) is 0 Å². The highest BCUT2D eigenvalue weighted by molar-refractivity contribution is 9.09. The Bertz CT molecular complexity index is 456. The number of rotatable bonds is 2. The largest absolute Gasteiger partial charge is 0.369 e. The Morgan fingerprint density at radius 3 is 1.83 bits per heavy atom. The fourth-order valence-corrected chi connectivity index (χ4v) is 2.79. The summed E-state index contributed by atoms with van der Waals surface area (Å²) in [6.07, 6.45) is 0.682. The summed E-state index contributed by atoms with van der Waals surface area (Å²) in [7, 11) is 0. The topological polar surface area (TPSA) is 9.23 Å². The Morgan fingerprint density at radius 1 is 0.944 bits per heavy atom. The SMILES string of the molecule is Fc1c(F)c(F)c(C2(CBr)CCCO2)c(F)c1F. The molecule has 0 aliphatic carbocycles. The van der Waals surface area contributed by atoms with Crippen LogP contribution in [-0.4, -0.2) is 11.9 Å². The molecule has 1 aromatic rings. The van der Waals surface area contributed by atoms with Crippen LogP contribution in [0, 0.1) is 29.1 Å². The van der Waals surface area contributed by atoms with Crippen LogP contribution in [0.25, 0.3) is 0 Å². The van der Waals surface area contributed by atoms with E-state index in [1.165, 1.54) is 0 Å². The lowest BCUT2D eigenvalue weighted by molar-refractivity contribution is 0.0147. The van der Waals surface area contributed by atoms with Crippen LogP contribution in [0.1, 0.15) is 18.4 Å². The maximum absolute atomic E-state index is 13.7. The summed E-state index contributed by atoms with van der Waals surface area (Å²) in [6.45, 7) is 0.213. The van der Waals surface area contributed by atoms with E-state index in [0.717, 1.165) is 0 Å². The molecule has 1 heterocycles. The zero-order valence-electron chi connectivity index (χ0n) is 9.00. The Morgan fingerprint density at radius 2 is 1.44 bits per heavy atom. The van der Waals surface area contributed by atoms with Crippen LogP contribution >= 0.6 is 15.9 Å². The quantitative estimate of drug-likeness (QED) is 0.347. The maximum atomic E-state index is 13.7. The Kier molecular flexibility index (Phi) is 3.64. The first-order valence-corrected chi connectivity index (χ1v) is 6.28. The number of hydrogen-bond acceptors (Lipinski definition) is 1. The lowest BCUT2D eigenvalue weighted by Crippen LogP contribution is -2.31. The van der Waals surface area contributed by atoms with Crippen molar-refractivity contribution in [3.05, 3.63) is 34.6 Å². The van der Waals surface area contributed by atoms with Crippen LogP contribution in [0.4, 0.5) is 22.0 Å². The van der Waals surface area contributed by atoms with Gasteiger partial charge in [0.1, 0.15) is 5.60 Å². The summed E-state index contributed by atoms with van der Waals surface area (Å²) < 4.78 is 71.7. The van der Waals surface area contributed by atoms with Crippen molar-refractivity contribution in [3.63, 3.8) is 0 Å². The van der Waals surface area contributed by atoms with Gasteiger partial charge < -0.3 is 4.74 Å². The van der Waals surface area contributed by atoms with Gasteiger partial charge in [0.15, 0.2) is 23.3 Å². The number of ether oxygens (including phenoxy) is 1. The molecule has 0 spiro atoms. The summed E-state index contributed by atoms with van der Waals surface area (Å²) in [5.41, 5.74) is -2.39. The highest BCUT2D eigenvalue weighted by atomic mass is 79.9. The molecule has 0 radical (unpaired) electrons. The molecule has 7 heteroatoms.